The molecule has 0 bridgehead atoms. The Hall–Kier alpha value is -1.17. The summed E-state index contributed by atoms with van der Waals surface area (Å²) in [4.78, 5) is -0.532. The van der Waals surface area contributed by atoms with Crippen LogP contribution >= 0.6 is 22.3 Å². The van der Waals surface area contributed by atoms with Crippen molar-refractivity contribution < 1.29 is 26.3 Å². The largest absolute Gasteiger partial charge is 0.573 e. The van der Waals surface area contributed by atoms with Crippen molar-refractivity contribution in [3.8, 4) is 11.8 Å². The monoisotopic (exact) mass is 333 g/mol. The van der Waals surface area contributed by atoms with Crippen LogP contribution in [0.3, 0.4) is 0 Å². The molecular formula is C9H4Cl2F3NO3S. The van der Waals surface area contributed by atoms with E-state index in [9.17, 15) is 21.6 Å². The molecule has 0 N–H and O–H groups in total. The lowest BCUT2D eigenvalue weighted by Crippen LogP contribution is -2.18. The summed E-state index contributed by atoms with van der Waals surface area (Å²) in [5, 5.41) is 8.82. The number of benzene rings is 1. The topological polar surface area (TPSA) is 67.2 Å². The Morgan fingerprint density at radius 3 is 2.32 bits per heavy atom. The molecule has 104 valence electrons. The summed E-state index contributed by atoms with van der Waals surface area (Å²) in [6, 6.07) is 2.90. The van der Waals surface area contributed by atoms with Crippen LogP contribution in [0.5, 0.6) is 5.75 Å². The van der Waals surface area contributed by atoms with E-state index in [1.807, 2.05) is 0 Å². The molecule has 4 nitrogen and oxygen atoms in total. The van der Waals surface area contributed by atoms with Crippen molar-refractivity contribution in [2.24, 2.45) is 0 Å². The maximum Gasteiger partial charge on any atom is 0.573 e. The summed E-state index contributed by atoms with van der Waals surface area (Å²) in [6.45, 7) is 0. The summed E-state index contributed by atoms with van der Waals surface area (Å²) < 4.78 is 62.4. The fourth-order valence-electron chi connectivity index (χ4n) is 1.30. The van der Waals surface area contributed by atoms with Gasteiger partial charge in [0, 0.05) is 16.2 Å². The summed E-state index contributed by atoms with van der Waals surface area (Å²) in [7, 11) is 0.859. The molecule has 0 aliphatic heterocycles. The molecule has 0 fully saturated rings. The lowest BCUT2D eigenvalue weighted by Gasteiger charge is -2.13. The number of hydrogen-bond donors (Lipinski definition) is 0. The van der Waals surface area contributed by atoms with Gasteiger partial charge in [-0.2, -0.15) is 5.26 Å². The molecule has 0 atom stereocenters. The average Bonchev–Trinajstić information content (AvgIpc) is 2.24. The molecule has 0 radical (unpaired) electrons. The SMILES string of the molecule is N#Cc1c(OC(F)(F)F)ccc(S(=O)(=O)Cl)c1CCl. The Balaban J connectivity index is 3.54. The first-order valence-corrected chi connectivity index (χ1v) is 7.27. The second-order valence-electron chi connectivity index (χ2n) is 3.15. The van der Waals surface area contributed by atoms with E-state index in [2.05, 4.69) is 4.74 Å². The highest BCUT2D eigenvalue weighted by Gasteiger charge is 2.33. The van der Waals surface area contributed by atoms with Crippen molar-refractivity contribution in [3.05, 3.63) is 23.3 Å². The average molecular weight is 334 g/mol. The number of ether oxygens (including phenoxy) is 1. The van der Waals surface area contributed by atoms with E-state index >= 15 is 0 Å². The van der Waals surface area contributed by atoms with E-state index in [1.54, 1.807) is 0 Å². The minimum Gasteiger partial charge on any atom is -0.404 e. The van der Waals surface area contributed by atoms with Gasteiger partial charge in [-0.3, -0.25) is 0 Å². The van der Waals surface area contributed by atoms with Crippen molar-refractivity contribution in [2.75, 3.05) is 0 Å². The predicted molar refractivity (Wildman–Crippen MR) is 60.4 cm³/mol. The minimum atomic E-state index is -5.02. The number of hydrogen-bond acceptors (Lipinski definition) is 4. The van der Waals surface area contributed by atoms with Gasteiger partial charge in [0.05, 0.1) is 10.8 Å². The lowest BCUT2D eigenvalue weighted by atomic mass is 10.1. The molecule has 0 aliphatic carbocycles. The number of rotatable bonds is 3. The third-order valence-electron chi connectivity index (χ3n) is 1.97. The van der Waals surface area contributed by atoms with E-state index in [0.29, 0.717) is 6.07 Å². The van der Waals surface area contributed by atoms with Gasteiger partial charge < -0.3 is 4.74 Å². The van der Waals surface area contributed by atoms with Crippen LogP contribution in [-0.4, -0.2) is 14.8 Å². The van der Waals surface area contributed by atoms with Gasteiger partial charge in [-0.05, 0) is 12.1 Å². The third kappa shape index (κ3) is 3.89. The second-order valence-corrected chi connectivity index (χ2v) is 5.95. The van der Waals surface area contributed by atoms with Crippen LogP contribution in [0.2, 0.25) is 0 Å². The van der Waals surface area contributed by atoms with E-state index in [1.165, 1.54) is 6.07 Å². The molecule has 0 saturated carbocycles. The normalized spacial score (nSPS) is 12.0. The van der Waals surface area contributed by atoms with Crippen LogP contribution in [0, 0.1) is 11.3 Å². The molecule has 19 heavy (non-hydrogen) atoms. The van der Waals surface area contributed by atoms with Gasteiger partial charge in [0.15, 0.2) is 0 Å². The van der Waals surface area contributed by atoms with Crippen LogP contribution in [0.4, 0.5) is 13.2 Å². The molecule has 1 aromatic rings. The Morgan fingerprint density at radius 2 is 1.95 bits per heavy atom. The van der Waals surface area contributed by atoms with E-state index < -0.39 is 37.5 Å². The second kappa shape index (κ2) is 5.45. The van der Waals surface area contributed by atoms with Crippen LogP contribution in [-0.2, 0) is 14.9 Å². The smallest absolute Gasteiger partial charge is 0.404 e. The molecule has 0 aromatic heterocycles. The highest BCUT2D eigenvalue weighted by molar-refractivity contribution is 8.13. The number of halogens is 5. The maximum absolute atomic E-state index is 12.1. The Kier molecular flexibility index (Phi) is 4.55. The molecule has 1 aromatic carbocycles. The Morgan fingerprint density at radius 1 is 1.37 bits per heavy atom. The molecular weight excluding hydrogens is 330 g/mol. The first-order chi connectivity index (χ1) is 8.60. The van der Waals surface area contributed by atoms with Crippen LogP contribution < -0.4 is 4.74 Å². The molecule has 0 heterocycles. The molecule has 1 rings (SSSR count). The van der Waals surface area contributed by atoms with Gasteiger partial charge in [-0.25, -0.2) is 8.42 Å². The van der Waals surface area contributed by atoms with E-state index in [0.717, 1.165) is 6.07 Å². The Labute approximate surface area is 115 Å². The standard InChI is InChI=1S/C9H4Cl2F3NO3S/c10-3-5-6(4-15)7(18-9(12,13)14)1-2-8(5)19(11,16)17/h1-2H,3H2. The van der Waals surface area contributed by atoms with Crippen molar-refractivity contribution >= 4 is 31.3 Å². The van der Waals surface area contributed by atoms with Crippen molar-refractivity contribution in [3.63, 3.8) is 0 Å². The van der Waals surface area contributed by atoms with E-state index in [4.69, 9.17) is 27.5 Å². The summed E-state index contributed by atoms with van der Waals surface area (Å²) >= 11 is 5.45. The predicted octanol–water partition coefficient (Wildman–Crippen LogP) is 3.12. The van der Waals surface area contributed by atoms with Gasteiger partial charge in [0.2, 0.25) is 0 Å². The van der Waals surface area contributed by atoms with E-state index in [-0.39, 0.29) is 5.56 Å². The summed E-state index contributed by atoms with van der Waals surface area (Å²) in [5.74, 6) is -1.35. The number of nitriles is 1. The van der Waals surface area contributed by atoms with Crippen molar-refractivity contribution in [1.29, 1.82) is 5.26 Å². The third-order valence-corrected chi connectivity index (χ3v) is 3.64. The van der Waals surface area contributed by atoms with Crippen LogP contribution in [0.15, 0.2) is 17.0 Å². The van der Waals surface area contributed by atoms with Crippen molar-refractivity contribution in [1.82, 2.24) is 0 Å². The summed E-state index contributed by atoms with van der Waals surface area (Å²) in [6.07, 6.45) is -5.02. The number of nitrogens with zero attached hydrogens (tertiary/aromatic N) is 1. The lowest BCUT2D eigenvalue weighted by molar-refractivity contribution is -0.274. The maximum atomic E-state index is 12.1. The van der Waals surface area contributed by atoms with Crippen LogP contribution in [0.25, 0.3) is 0 Å². The fraction of sp³-hybridized carbons (Fsp3) is 0.222. The Bertz CT molecular complexity index is 637. The van der Waals surface area contributed by atoms with Gasteiger partial charge in [-0.15, -0.1) is 24.8 Å². The zero-order valence-corrected chi connectivity index (χ0v) is 11.2. The quantitative estimate of drug-likeness (QED) is 0.629. The molecule has 0 spiro atoms. The first-order valence-electron chi connectivity index (χ1n) is 4.42. The number of alkyl halides is 4. The highest BCUT2D eigenvalue weighted by atomic mass is 35.7. The first kappa shape index (κ1) is 15.9. The minimum absolute atomic E-state index is 0.346. The zero-order valence-electron chi connectivity index (χ0n) is 8.83. The molecule has 0 amide bonds. The summed E-state index contributed by atoms with van der Waals surface area (Å²) in [5.41, 5.74) is -0.977. The van der Waals surface area contributed by atoms with Gasteiger partial charge >= 0.3 is 6.36 Å². The zero-order chi connectivity index (χ0) is 14.8. The van der Waals surface area contributed by atoms with Gasteiger partial charge in [0.25, 0.3) is 9.05 Å². The molecule has 0 aliphatic rings. The fourth-order valence-corrected chi connectivity index (χ4v) is 2.79. The molecule has 0 unspecified atom stereocenters. The molecule has 0 saturated heterocycles. The van der Waals surface area contributed by atoms with Crippen molar-refractivity contribution in [2.45, 2.75) is 17.1 Å². The van der Waals surface area contributed by atoms with Gasteiger partial charge in [-0.1, -0.05) is 0 Å². The van der Waals surface area contributed by atoms with Gasteiger partial charge in [0.1, 0.15) is 17.4 Å². The molecule has 10 heteroatoms. The highest BCUT2D eigenvalue weighted by Crippen LogP contribution is 2.33. The van der Waals surface area contributed by atoms with Crippen LogP contribution in [0.1, 0.15) is 11.1 Å².